The number of rotatable bonds is 1. The number of benzene rings is 1. The van der Waals surface area contributed by atoms with E-state index in [1.807, 2.05) is 44.9 Å². The summed E-state index contributed by atoms with van der Waals surface area (Å²) in [6.45, 7) is 8.77. The fourth-order valence-corrected chi connectivity index (χ4v) is 2.90. The maximum Gasteiger partial charge on any atom is 0.410 e. The van der Waals surface area contributed by atoms with E-state index in [1.165, 1.54) is 0 Å². The quantitative estimate of drug-likeness (QED) is 0.740. The van der Waals surface area contributed by atoms with Crippen LogP contribution in [-0.2, 0) is 20.9 Å². The second-order valence-electron chi connectivity index (χ2n) is 7.02. The number of piperazine rings is 1. The predicted molar refractivity (Wildman–Crippen MR) is 90.4 cm³/mol. The van der Waals surface area contributed by atoms with Crippen LogP contribution in [0.3, 0.4) is 0 Å². The van der Waals surface area contributed by atoms with Crippen LogP contribution in [0.1, 0.15) is 31.9 Å². The summed E-state index contributed by atoms with van der Waals surface area (Å²) in [5, 5.41) is 0. The molecule has 128 valence electrons. The first-order valence-electron chi connectivity index (χ1n) is 8.11. The fraction of sp³-hybridized carbons (Fsp3) is 0.500. The molecule has 2 heterocycles. The standard InChI is InChI=1S/C18H22N2O4/c1-18(2,3)24-17(22)20-8-6-19(7-9-20)14-4-5-15-13(10-14)12-23-16(15)11-21/h4-5,10H,6-9,12H2,1-3H3. The Morgan fingerprint density at radius 1 is 1.21 bits per heavy atom. The number of amides is 1. The molecule has 1 aromatic carbocycles. The van der Waals surface area contributed by atoms with E-state index in [0.717, 1.165) is 29.9 Å². The van der Waals surface area contributed by atoms with E-state index in [2.05, 4.69) is 4.90 Å². The molecule has 0 atom stereocenters. The van der Waals surface area contributed by atoms with Gasteiger partial charge >= 0.3 is 6.09 Å². The van der Waals surface area contributed by atoms with Crippen LogP contribution in [0, 0.1) is 0 Å². The maximum atomic E-state index is 12.1. The summed E-state index contributed by atoms with van der Waals surface area (Å²) >= 11 is 0. The highest BCUT2D eigenvalue weighted by Crippen LogP contribution is 2.31. The van der Waals surface area contributed by atoms with Gasteiger partial charge in [0.15, 0.2) is 5.94 Å². The van der Waals surface area contributed by atoms with E-state index < -0.39 is 5.60 Å². The zero-order valence-electron chi connectivity index (χ0n) is 14.3. The molecule has 0 spiro atoms. The van der Waals surface area contributed by atoms with E-state index in [4.69, 9.17) is 9.47 Å². The zero-order valence-corrected chi connectivity index (χ0v) is 14.3. The minimum Gasteiger partial charge on any atom is -0.478 e. The lowest BCUT2D eigenvalue weighted by Gasteiger charge is -2.36. The van der Waals surface area contributed by atoms with Gasteiger partial charge in [0, 0.05) is 43.0 Å². The first kappa shape index (κ1) is 16.4. The predicted octanol–water partition coefficient (Wildman–Crippen LogP) is 2.45. The third-order valence-electron chi connectivity index (χ3n) is 4.09. The van der Waals surface area contributed by atoms with Gasteiger partial charge in [0.05, 0.1) is 0 Å². The van der Waals surface area contributed by atoms with E-state index in [-0.39, 0.29) is 11.9 Å². The van der Waals surface area contributed by atoms with Gasteiger partial charge in [-0.05, 0) is 39.0 Å². The number of anilines is 1. The Balaban J connectivity index is 1.63. The first-order valence-corrected chi connectivity index (χ1v) is 8.11. The molecule has 0 N–H and O–H groups in total. The largest absolute Gasteiger partial charge is 0.478 e. The third-order valence-corrected chi connectivity index (χ3v) is 4.09. The molecule has 2 aliphatic heterocycles. The minimum absolute atomic E-state index is 0.259. The molecule has 0 unspecified atom stereocenters. The number of carbonyl (C=O) groups is 1. The summed E-state index contributed by atoms with van der Waals surface area (Å²) in [5.74, 6) is 2.11. The molecule has 0 aliphatic carbocycles. The van der Waals surface area contributed by atoms with Gasteiger partial charge in [-0.25, -0.2) is 9.59 Å². The molecule has 0 saturated carbocycles. The number of carbonyl (C=O) groups excluding carboxylic acids is 2. The summed E-state index contributed by atoms with van der Waals surface area (Å²) in [6, 6.07) is 5.93. The Morgan fingerprint density at radius 3 is 2.54 bits per heavy atom. The van der Waals surface area contributed by atoms with Crippen LogP contribution >= 0.6 is 0 Å². The number of nitrogens with zero attached hydrogens (tertiary/aromatic N) is 2. The molecule has 1 amide bonds. The normalized spacial score (nSPS) is 17.2. The average molecular weight is 330 g/mol. The molecule has 0 radical (unpaired) electrons. The molecule has 24 heavy (non-hydrogen) atoms. The van der Waals surface area contributed by atoms with Crippen molar-refractivity contribution in [3.05, 3.63) is 29.3 Å². The molecular formula is C18H22N2O4. The second kappa shape index (κ2) is 6.21. The Labute approximate surface area is 141 Å². The van der Waals surface area contributed by atoms with Crippen molar-refractivity contribution in [1.82, 2.24) is 4.90 Å². The fourth-order valence-electron chi connectivity index (χ4n) is 2.90. The Hall–Kier alpha value is -2.46. The lowest BCUT2D eigenvalue weighted by molar-refractivity contribution is 0.0240. The van der Waals surface area contributed by atoms with Crippen LogP contribution in [0.2, 0.25) is 0 Å². The number of ether oxygens (including phenoxy) is 2. The summed E-state index contributed by atoms with van der Waals surface area (Å²) < 4.78 is 10.7. The smallest absolute Gasteiger partial charge is 0.410 e. The lowest BCUT2D eigenvalue weighted by Crippen LogP contribution is -2.50. The van der Waals surface area contributed by atoms with Gasteiger partial charge < -0.3 is 19.3 Å². The monoisotopic (exact) mass is 330 g/mol. The highest BCUT2D eigenvalue weighted by Gasteiger charge is 2.27. The van der Waals surface area contributed by atoms with E-state index in [9.17, 15) is 9.59 Å². The molecule has 1 aromatic rings. The van der Waals surface area contributed by atoms with E-state index >= 15 is 0 Å². The highest BCUT2D eigenvalue weighted by atomic mass is 16.6. The van der Waals surface area contributed by atoms with Gasteiger partial charge in [0.25, 0.3) is 0 Å². The Bertz CT molecular complexity index is 693. The Kier molecular flexibility index (Phi) is 4.24. The number of fused-ring (bicyclic) bond motifs is 1. The molecule has 0 bridgehead atoms. The zero-order chi connectivity index (χ0) is 17.3. The van der Waals surface area contributed by atoms with Crippen molar-refractivity contribution in [2.75, 3.05) is 31.1 Å². The molecule has 2 aliphatic rings. The molecule has 3 rings (SSSR count). The van der Waals surface area contributed by atoms with Crippen molar-refractivity contribution in [3.63, 3.8) is 0 Å². The lowest BCUT2D eigenvalue weighted by atomic mass is 10.1. The van der Waals surface area contributed by atoms with Gasteiger partial charge in [-0.3, -0.25) is 0 Å². The third kappa shape index (κ3) is 3.39. The summed E-state index contributed by atoms with van der Waals surface area (Å²) in [5.41, 5.74) is 2.42. The van der Waals surface area contributed by atoms with Gasteiger partial charge in [-0.1, -0.05) is 0 Å². The molecule has 6 nitrogen and oxygen atoms in total. The van der Waals surface area contributed by atoms with Crippen molar-refractivity contribution >= 4 is 23.5 Å². The molecule has 1 saturated heterocycles. The van der Waals surface area contributed by atoms with Crippen molar-refractivity contribution in [3.8, 4) is 0 Å². The number of hydrogen-bond acceptors (Lipinski definition) is 5. The molecule has 0 aromatic heterocycles. The van der Waals surface area contributed by atoms with Crippen molar-refractivity contribution in [2.24, 2.45) is 0 Å². The SMILES string of the molecule is CC(C)(C)OC(=O)N1CCN(c2ccc3c(c2)COC3=C=O)CC1. The summed E-state index contributed by atoms with van der Waals surface area (Å²) in [7, 11) is 0. The van der Waals surface area contributed by atoms with E-state index in [0.29, 0.717) is 19.7 Å². The summed E-state index contributed by atoms with van der Waals surface area (Å²) in [4.78, 5) is 26.9. The van der Waals surface area contributed by atoms with E-state index in [1.54, 1.807) is 4.90 Å². The van der Waals surface area contributed by atoms with Gasteiger partial charge in [0.1, 0.15) is 12.2 Å². The van der Waals surface area contributed by atoms with Gasteiger partial charge in [-0.15, -0.1) is 0 Å². The highest BCUT2D eigenvalue weighted by molar-refractivity contribution is 5.86. The van der Waals surface area contributed by atoms with Crippen LogP contribution < -0.4 is 4.90 Å². The van der Waals surface area contributed by atoms with Crippen molar-refractivity contribution in [2.45, 2.75) is 33.0 Å². The average Bonchev–Trinajstić information content (AvgIpc) is 2.95. The topological polar surface area (TPSA) is 59.1 Å². The van der Waals surface area contributed by atoms with Crippen LogP contribution in [0.5, 0.6) is 0 Å². The van der Waals surface area contributed by atoms with Crippen LogP contribution in [0.4, 0.5) is 10.5 Å². The summed E-state index contributed by atoms with van der Waals surface area (Å²) in [6.07, 6.45) is -0.259. The van der Waals surface area contributed by atoms with Crippen LogP contribution in [0.25, 0.3) is 5.76 Å². The Morgan fingerprint density at radius 2 is 1.92 bits per heavy atom. The van der Waals surface area contributed by atoms with Crippen molar-refractivity contribution < 1.29 is 19.1 Å². The molecule has 1 fully saturated rings. The second-order valence-corrected chi connectivity index (χ2v) is 7.02. The number of hydrogen-bond donors (Lipinski definition) is 0. The van der Waals surface area contributed by atoms with Gasteiger partial charge in [0.2, 0.25) is 5.76 Å². The van der Waals surface area contributed by atoms with Gasteiger partial charge in [-0.2, -0.15) is 0 Å². The van der Waals surface area contributed by atoms with Crippen molar-refractivity contribution in [1.29, 1.82) is 0 Å². The minimum atomic E-state index is -0.474. The first-order chi connectivity index (χ1) is 11.4. The van der Waals surface area contributed by atoms with Crippen LogP contribution in [0.15, 0.2) is 18.2 Å². The maximum absolute atomic E-state index is 12.1. The molecular weight excluding hydrogens is 308 g/mol. The molecule has 6 heteroatoms. The van der Waals surface area contributed by atoms with Crippen LogP contribution in [-0.4, -0.2) is 48.7 Å².